The van der Waals surface area contributed by atoms with E-state index in [2.05, 4.69) is 26.5 Å². The van der Waals surface area contributed by atoms with Crippen LogP contribution in [0.3, 0.4) is 0 Å². The molecule has 7 heteroatoms. The molecule has 3 aromatic rings. The van der Waals surface area contributed by atoms with Crippen LogP contribution in [0.4, 0.5) is 0 Å². The lowest BCUT2D eigenvalue weighted by molar-refractivity contribution is -0.128. The summed E-state index contributed by atoms with van der Waals surface area (Å²) < 4.78 is 11.2. The number of rotatable bonds is 7. The van der Waals surface area contributed by atoms with Gasteiger partial charge in [-0.1, -0.05) is 34.1 Å². The largest absolute Gasteiger partial charge is 0.497 e. The number of carbonyl (C=O) groups excluding carboxylic acids is 2. The summed E-state index contributed by atoms with van der Waals surface area (Å²) in [7, 11) is 1.60. The number of nitrogens with one attached hydrogen (secondary N) is 1. The third-order valence-corrected chi connectivity index (χ3v) is 4.59. The second kappa shape index (κ2) is 10.9. The molecule has 0 fully saturated rings. The van der Waals surface area contributed by atoms with Gasteiger partial charge in [0.25, 0.3) is 5.91 Å². The first-order valence-corrected chi connectivity index (χ1v) is 10.1. The van der Waals surface area contributed by atoms with Crippen molar-refractivity contribution in [2.24, 2.45) is 5.10 Å². The number of hydrogen-bond acceptors (Lipinski definition) is 5. The fraction of sp³-hybridized carbons (Fsp3) is 0.0417. The molecular weight excluding hydrogens is 460 g/mol. The number of nitrogens with zero attached hydrogens (tertiary/aromatic N) is 1. The van der Waals surface area contributed by atoms with E-state index in [0.29, 0.717) is 11.3 Å². The molecule has 0 spiro atoms. The Labute approximate surface area is 188 Å². The van der Waals surface area contributed by atoms with Gasteiger partial charge in [-0.3, -0.25) is 4.79 Å². The molecule has 156 valence electrons. The number of halogens is 1. The van der Waals surface area contributed by atoms with Crippen LogP contribution in [0.1, 0.15) is 21.5 Å². The molecule has 1 amide bonds. The number of benzene rings is 3. The minimum absolute atomic E-state index is 0.313. The predicted molar refractivity (Wildman–Crippen MR) is 123 cm³/mol. The van der Waals surface area contributed by atoms with E-state index in [9.17, 15) is 9.59 Å². The van der Waals surface area contributed by atoms with Gasteiger partial charge in [-0.15, -0.1) is 0 Å². The van der Waals surface area contributed by atoms with Gasteiger partial charge in [0.05, 0.1) is 13.3 Å². The molecule has 0 heterocycles. The third kappa shape index (κ3) is 6.94. The maximum atomic E-state index is 12.0. The van der Waals surface area contributed by atoms with Crippen molar-refractivity contribution in [2.75, 3.05) is 7.11 Å². The van der Waals surface area contributed by atoms with Crippen LogP contribution in [0, 0.1) is 0 Å². The van der Waals surface area contributed by atoms with Crippen molar-refractivity contribution in [2.45, 2.75) is 0 Å². The molecule has 0 bridgehead atoms. The Hall–Kier alpha value is -3.71. The Balaban J connectivity index is 1.51. The average Bonchev–Trinajstić information content (AvgIpc) is 2.79. The van der Waals surface area contributed by atoms with Gasteiger partial charge in [0.15, 0.2) is 0 Å². The number of hydrazone groups is 1. The van der Waals surface area contributed by atoms with Crippen LogP contribution in [-0.4, -0.2) is 25.2 Å². The first-order chi connectivity index (χ1) is 15.0. The molecule has 0 radical (unpaired) electrons. The van der Waals surface area contributed by atoms with E-state index in [1.54, 1.807) is 55.7 Å². The van der Waals surface area contributed by atoms with Crippen LogP contribution < -0.4 is 14.9 Å². The normalized spacial score (nSPS) is 10.9. The maximum absolute atomic E-state index is 12.0. The molecule has 0 saturated heterocycles. The van der Waals surface area contributed by atoms with E-state index in [-0.39, 0.29) is 5.91 Å². The zero-order valence-electron chi connectivity index (χ0n) is 16.6. The molecule has 3 rings (SSSR count). The minimum atomic E-state index is -0.487. The highest BCUT2D eigenvalue weighted by Crippen LogP contribution is 2.14. The van der Waals surface area contributed by atoms with Gasteiger partial charge in [-0.2, -0.15) is 5.10 Å². The number of ether oxygens (including phenoxy) is 2. The zero-order valence-corrected chi connectivity index (χ0v) is 18.2. The number of hydrogen-bond donors (Lipinski definition) is 1. The molecule has 0 aliphatic carbocycles. The number of methoxy groups -OCH3 is 1. The van der Waals surface area contributed by atoms with Crippen molar-refractivity contribution in [3.8, 4) is 11.5 Å². The van der Waals surface area contributed by atoms with Crippen molar-refractivity contribution >= 4 is 40.1 Å². The van der Waals surface area contributed by atoms with Crippen LogP contribution in [0.15, 0.2) is 88.4 Å². The van der Waals surface area contributed by atoms with E-state index in [0.717, 1.165) is 21.3 Å². The van der Waals surface area contributed by atoms with Crippen molar-refractivity contribution in [1.82, 2.24) is 5.43 Å². The van der Waals surface area contributed by atoms with Gasteiger partial charge in [0, 0.05) is 16.1 Å². The smallest absolute Gasteiger partial charge is 0.336 e. The average molecular weight is 479 g/mol. The minimum Gasteiger partial charge on any atom is -0.497 e. The summed E-state index contributed by atoms with van der Waals surface area (Å²) in [5, 5.41) is 3.95. The summed E-state index contributed by atoms with van der Waals surface area (Å²) in [5.74, 6) is 0.348. The van der Waals surface area contributed by atoms with E-state index in [1.807, 2.05) is 30.3 Å². The highest BCUT2D eigenvalue weighted by Gasteiger charge is 2.04. The maximum Gasteiger partial charge on any atom is 0.336 e. The van der Waals surface area contributed by atoms with E-state index in [4.69, 9.17) is 9.47 Å². The summed E-state index contributed by atoms with van der Waals surface area (Å²) in [6, 6.07) is 21.1. The van der Waals surface area contributed by atoms with Crippen LogP contribution in [0.2, 0.25) is 0 Å². The van der Waals surface area contributed by atoms with Crippen molar-refractivity contribution < 1.29 is 19.1 Å². The quantitative estimate of drug-likeness (QED) is 0.173. The first kappa shape index (κ1) is 22.0. The molecule has 0 aromatic heterocycles. The van der Waals surface area contributed by atoms with Gasteiger partial charge < -0.3 is 9.47 Å². The Bertz CT molecular complexity index is 1110. The molecule has 0 saturated carbocycles. The molecule has 1 N–H and O–H groups in total. The molecule has 3 aromatic carbocycles. The second-order valence-electron chi connectivity index (χ2n) is 6.31. The van der Waals surface area contributed by atoms with Crippen molar-refractivity contribution in [3.05, 3.63) is 100 Å². The summed E-state index contributed by atoms with van der Waals surface area (Å²) in [5.41, 5.74) is 4.56. The highest BCUT2D eigenvalue weighted by atomic mass is 79.9. The van der Waals surface area contributed by atoms with Gasteiger partial charge in [-0.25, -0.2) is 10.2 Å². The van der Waals surface area contributed by atoms with Crippen LogP contribution >= 0.6 is 15.9 Å². The fourth-order valence-electron chi connectivity index (χ4n) is 2.51. The standard InChI is InChI=1S/C24H19BrN2O4/c1-30-21-10-5-17(6-11-21)9-14-23(28)31-22-12-7-18(8-13-22)16-26-27-24(29)19-3-2-4-20(25)15-19/h2-16H,1H3,(H,27,29)/b14-9+,26-16-. The predicted octanol–water partition coefficient (Wildman–Crippen LogP) is 4.84. The molecular formula is C24H19BrN2O4. The molecule has 0 aliphatic rings. The van der Waals surface area contributed by atoms with Gasteiger partial charge >= 0.3 is 5.97 Å². The van der Waals surface area contributed by atoms with Crippen LogP contribution in [0.5, 0.6) is 11.5 Å². The monoisotopic (exact) mass is 478 g/mol. The third-order valence-electron chi connectivity index (χ3n) is 4.09. The van der Waals surface area contributed by atoms with Crippen LogP contribution in [-0.2, 0) is 4.79 Å². The lowest BCUT2D eigenvalue weighted by Crippen LogP contribution is -2.17. The SMILES string of the molecule is COc1ccc(/C=C/C(=O)Oc2ccc(/C=N\NC(=O)c3cccc(Br)c3)cc2)cc1. The van der Waals surface area contributed by atoms with E-state index >= 15 is 0 Å². The fourth-order valence-corrected chi connectivity index (χ4v) is 2.91. The van der Waals surface area contributed by atoms with Gasteiger partial charge in [0.1, 0.15) is 11.5 Å². The van der Waals surface area contributed by atoms with E-state index in [1.165, 1.54) is 12.3 Å². The summed E-state index contributed by atoms with van der Waals surface area (Å²) >= 11 is 3.32. The summed E-state index contributed by atoms with van der Waals surface area (Å²) in [4.78, 5) is 24.0. The Kier molecular flexibility index (Phi) is 7.73. The topological polar surface area (TPSA) is 77.0 Å². The van der Waals surface area contributed by atoms with Gasteiger partial charge in [0.2, 0.25) is 0 Å². The molecule has 6 nitrogen and oxygen atoms in total. The summed E-state index contributed by atoms with van der Waals surface area (Å²) in [6.07, 6.45) is 4.52. The number of esters is 1. The Morgan fingerprint density at radius 2 is 1.61 bits per heavy atom. The van der Waals surface area contributed by atoms with E-state index < -0.39 is 5.97 Å². The number of amides is 1. The number of carbonyl (C=O) groups is 2. The second-order valence-corrected chi connectivity index (χ2v) is 7.22. The van der Waals surface area contributed by atoms with Gasteiger partial charge in [-0.05, 0) is 71.8 Å². The molecule has 0 atom stereocenters. The Morgan fingerprint density at radius 1 is 0.935 bits per heavy atom. The molecule has 31 heavy (non-hydrogen) atoms. The molecule has 0 unspecified atom stereocenters. The van der Waals surface area contributed by atoms with Crippen LogP contribution in [0.25, 0.3) is 6.08 Å². The lowest BCUT2D eigenvalue weighted by Gasteiger charge is -2.02. The summed E-state index contributed by atoms with van der Waals surface area (Å²) in [6.45, 7) is 0. The van der Waals surface area contributed by atoms with Crippen molar-refractivity contribution in [1.29, 1.82) is 0 Å². The Morgan fingerprint density at radius 3 is 2.29 bits per heavy atom. The zero-order chi connectivity index (χ0) is 22.1. The lowest BCUT2D eigenvalue weighted by atomic mass is 10.2. The van der Waals surface area contributed by atoms with Crippen molar-refractivity contribution in [3.63, 3.8) is 0 Å². The highest BCUT2D eigenvalue weighted by molar-refractivity contribution is 9.10. The first-order valence-electron chi connectivity index (χ1n) is 9.26. The molecule has 0 aliphatic heterocycles.